The number of halogens is 1. The molecule has 0 atom stereocenters. The summed E-state index contributed by atoms with van der Waals surface area (Å²) < 4.78 is 6.58. The van der Waals surface area contributed by atoms with E-state index in [4.69, 9.17) is 4.74 Å². The van der Waals surface area contributed by atoms with Gasteiger partial charge in [0.1, 0.15) is 6.61 Å². The highest BCUT2D eigenvalue weighted by molar-refractivity contribution is 14.1. The minimum Gasteiger partial charge on any atom is -0.504 e. The minimum atomic E-state index is -0.454. The third-order valence-corrected chi connectivity index (χ3v) is 5.96. The Morgan fingerprint density at radius 3 is 2.77 bits per heavy atom. The van der Waals surface area contributed by atoms with Crippen LogP contribution in [-0.4, -0.2) is 53.0 Å². The normalized spacial score (nSPS) is 17.5. The zero-order chi connectivity index (χ0) is 21.8. The molecule has 0 aliphatic carbocycles. The number of aromatic nitrogens is 1. The van der Waals surface area contributed by atoms with E-state index in [1.54, 1.807) is 18.3 Å². The first-order chi connectivity index (χ1) is 15.0. The number of carbonyl (C=O) groups excluding carboxylic acids is 2. The second-order valence-electron chi connectivity index (χ2n) is 7.45. The van der Waals surface area contributed by atoms with Crippen LogP contribution in [0.5, 0.6) is 11.5 Å². The minimum absolute atomic E-state index is 0.0294. The van der Waals surface area contributed by atoms with Gasteiger partial charge in [0.05, 0.1) is 24.0 Å². The molecule has 0 bridgehead atoms. The molecule has 162 valence electrons. The molecule has 0 radical (unpaired) electrons. The molecule has 1 fully saturated rings. The third kappa shape index (κ3) is 5.16. The quantitative estimate of drug-likeness (QED) is 0.285. The first-order valence-corrected chi connectivity index (χ1v) is 11.2. The highest BCUT2D eigenvalue weighted by Gasteiger charge is 2.27. The molecule has 1 aromatic heterocycles. The Morgan fingerprint density at radius 2 is 2.00 bits per heavy atom. The fraction of sp³-hybridized carbons (Fsp3) is 0.318. The number of nitrogens with zero attached hydrogens (tertiary/aromatic N) is 2. The molecule has 3 N–H and O–H groups in total. The Labute approximate surface area is 193 Å². The number of rotatable bonds is 7. The van der Waals surface area contributed by atoms with Crippen molar-refractivity contribution in [2.24, 2.45) is 0 Å². The Bertz CT molecular complexity index is 1030. The number of fused-ring (bicyclic) bond motifs is 1. The summed E-state index contributed by atoms with van der Waals surface area (Å²) in [4.78, 5) is 31.0. The Balaban J connectivity index is 1.38. The highest BCUT2D eigenvalue weighted by Crippen LogP contribution is 2.27. The predicted octanol–water partition coefficient (Wildman–Crippen LogP) is 2.27. The molecule has 2 amide bonds. The second-order valence-corrected chi connectivity index (χ2v) is 8.70. The number of hydrogen-bond donors (Lipinski definition) is 3. The van der Waals surface area contributed by atoms with Gasteiger partial charge in [0.2, 0.25) is 0 Å². The van der Waals surface area contributed by atoms with Crippen LogP contribution in [0.1, 0.15) is 34.5 Å². The average Bonchev–Trinajstić information content (AvgIpc) is 3.25. The van der Waals surface area contributed by atoms with Gasteiger partial charge in [-0.3, -0.25) is 24.8 Å². The van der Waals surface area contributed by atoms with Crippen LogP contribution in [0.3, 0.4) is 0 Å². The molecule has 9 heteroatoms. The second kappa shape index (κ2) is 9.65. The number of ether oxygens (including phenoxy) is 1. The van der Waals surface area contributed by atoms with Crippen LogP contribution in [-0.2, 0) is 11.3 Å². The topological polar surface area (TPSA) is 104 Å². The van der Waals surface area contributed by atoms with E-state index in [1.807, 2.05) is 6.07 Å². The summed E-state index contributed by atoms with van der Waals surface area (Å²) in [5.74, 6) is -0.471. The van der Waals surface area contributed by atoms with Gasteiger partial charge in [-0.15, -0.1) is 0 Å². The van der Waals surface area contributed by atoms with Crippen molar-refractivity contribution in [2.45, 2.75) is 19.4 Å². The van der Waals surface area contributed by atoms with Crippen LogP contribution in [0.25, 0.3) is 5.57 Å². The van der Waals surface area contributed by atoms with Gasteiger partial charge in [0.25, 0.3) is 11.8 Å². The molecule has 1 aromatic carbocycles. The predicted molar refractivity (Wildman–Crippen MR) is 124 cm³/mol. The lowest BCUT2D eigenvalue weighted by Gasteiger charge is -2.18. The van der Waals surface area contributed by atoms with Gasteiger partial charge in [-0.25, -0.2) is 0 Å². The van der Waals surface area contributed by atoms with Crippen LogP contribution in [0.4, 0.5) is 0 Å². The smallest absolute Gasteiger partial charge is 0.260 e. The molecular weight excluding hydrogens is 511 g/mol. The lowest BCUT2D eigenvalue weighted by Crippen LogP contribution is -2.37. The molecule has 2 aromatic rings. The van der Waals surface area contributed by atoms with Crippen molar-refractivity contribution in [1.29, 1.82) is 0 Å². The summed E-state index contributed by atoms with van der Waals surface area (Å²) in [5.41, 5.74) is 2.01. The number of amides is 2. The van der Waals surface area contributed by atoms with Crippen molar-refractivity contribution in [2.75, 3.05) is 26.2 Å². The third-order valence-electron chi connectivity index (χ3n) is 5.28. The average molecular weight is 534 g/mol. The number of benzene rings is 1. The van der Waals surface area contributed by atoms with E-state index in [0.29, 0.717) is 41.3 Å². The van der Waals surface area contributed by atoms with E-state index >= 15 is 0 Å². The fourth-order valence-corrected chi connectivity index (χ4v) is 4.16. The van der Waals surface area contributed by atoms with E-state index in [1.165, 1.54) is 25.1 Å². The van der Waals surface area contributed by atoms with Gasteiger partial charge < -0.3 is 15.2 Å². The molecule has 3 heterocycles. The Morgan fingerprint density at radius 1 is 1.19 bits per heavy atom. The van der Waals surface area contributed by atoms with Gasteiger partial charge in [-0.2, -0.15) is 0 Å². The lowest BCUT2D eigenvalue weighted by molar-refractivity contribution is -0.114. The Hall–Kier alpha value is -2.66. The van der Waals surface area contributed by atoms with E-state index < -0.39 is 11.8 Å². The number of nitrogens with one attached hydrogen (secondary N) is 2. The molecule has 0 saturated carbocycles. The summed E-state index contributed by atoms with van der Waals surface area (Å²) in [7, 11) is 0. The van der Waals surface area contributed by atoms with Gasteiger partial charge in [-0.1, -0.05) is 0 Å². The molecule has 8 nitrogen and oxygen atoms in total. The van der Waals surface area contributed by atoms with Crippen molar-refractivity contribution < 1.29 is 19.4 Å². The standard InChI is InChI=1S/C22H23IN4O4/c23-14-3-4-16-17(9-14)18(22(30)26-21(16)29)12-24-11-15-10-19(28)20(13-25-15)31-8-7-27-5-1-2-6-27/h3-4,9-10,12-13,24H,1-2,5-8,11H2,(H,25,28)(H,26,29,30)/b18-12-. The number of likely N-dealkylation sites (tertiary alicyclic amines) is 1. The summed E-state index contributed by atoms with van der Waals surface area (Å²) >= 11 is 2.14. The zero-order valence-corrected chi connectivity index (χ0v) is 19.0. The first-order valence-electron chi connectivity index (χ1n) is 10.1. The molecule has 2 aliphatic rings. The van der Waals surface area contributed by atoms with Crippen LogP contribution in [0.2, 0.25) is 0 Å². The maximum absolute atomic E-state index is 12.3. The molecule has 0 unspecified atom stereocenters. The van der Waals surface area contributed by atoms with E-state index in [0.717, 1.165) is 23.2 Å². The van der Waals surface area contributed by atoms with Crippen molar-refractivity contribution in [3.8, 4) is 11.5 Å². The van der Waals surface area contributed by atoms with Gasteiger partial charge >= 0.3 is 0 Å². The summed E-state index contributed by atoms with van der Waals surface area (Å²) in [6.45, 7) is 3.84. The first kappa shape index (κ1) is 21.6. The number of aromatic hydroxyl groups is 1. The number of hydrogen-bond acceptors (Lipinski definition) is 7. The molecule has 31 heavy (non-hydrogen) atoms. The maximum Gasteiger partial charge on any atom is 0.260 e. The van der Waals surface area contributed by atoms with Crippen LogP contribution in [0, 0.1) is 3.57 Å². The van der Waals surface area contributed by atoms with Crippen molar-refractivity contribution in [1.82, 2.24) is 20.5 Å². The van der Waals surface area contributed by atoms with E-state index in [2.05, 4.69) is 43.1 Å². The van der Waals surface area contributed by atoms with Gasteiger partial charge in [0.15, 0.2) is 11.5 Å². The maximum atomic E-state index is 12.3. The van der Waals surface area contributed by atoms with E-state index in [9.17, 15) is 14.7 Å². The fourth-order valence-electron chi connectivity index (χ4n) is 3.67. The van der Waals surface area contributed by atoms with Crippen LogP contribution < -0.4 is 15.4 Å². The van der Waals surface area contributed by atoms with Crippen LogP contribution in [0.15, 0.2) is 36.7 Å². The lowest BCUT2D eigenvalue weighted by atomic mass is 9.96. The van der Waals surface area contributed by atoms with Crippen LogP contribution >= 0.6 is 22.6 Å². The van der Waals surface area contributed by atoms with Crippen molar-refractivity contribution in [3.05, 3.63) is 57.1 Å². The van der Waals surface area contributed by atoms with Crippen molar-refractivity contribution >= 4 is 40.0 Å². The SMILES string of the molecule is O=C1NC(=O)c2ccc(I)cc2/C1=C/NCc1cc(O)c(OCCN2CCCC2)cn1. The zero-order valence-electron chi connectivity index (χ0n) is 16.9. The largest absolute Gasteiger partial charge is 0.504 e. The summed E-state index contributed by atoms with van der Waals surface area (Å²) in [5, 5.41) is 15.6. The van der Waals surface area contributed by atoms with Gasteiger partial charge in [-0.05, 0) is 66.7 Å². The molecule has 1 saturated heterocycles. The molecule has 4 rings (SSSR count). The molecular formula is C22H23IN4O4. The Kier molecular flexibility index (Phi) is 6.71. The van der Waals surface area contributed by atoms with Crippen molar-refractivity contribution in [3.63, 3.8) is 0 Å². The number of imide groups is 1. The monoisotopic (exact) mass is 534 g/mol. The van der Waals surface area contributed by atoms with Gasteiger partial charge in [0, 0.05) is 33.5 Å². The summed E-state index contributed by atoms with van der Waals surface area (Å²) in [6.07, 6.45) is 5.53. The number of pyridine rings is 1. The van der Waals surface area contributed by atoms with E-state index in [-0.39, 0.29) is 5.75 Å². The highest BCUT2D eigenvalue weighted by atomic mass is 127. The molecule has 0 spiro atoms. The summed E-state index contributed by atoms with van der Waals surface area (Å²) in [6, 6.07) is 6.87. The number of carbonyl (C=O) groups is 2. The molecule has 2 aliphatic heterocycles.